The molecule has 0 saturated heterocycles. The van der Waals surface area contributed by atoms with E-state index in [1.54, 1.807) is 6.21 Å². The fraction of sp³-hybridized carbons (Fsp3) is 0.0476. The molecule has 0 fully saturated rings. The van der Waals surface area contributed by atoms with Crippen molar-refractivity contribution in [2.75, 3.05) is 5.43 Å². The van der Waals surface area contributed by atoms with Gasteiger partial charge in [-0.1, -0.05) is 36.4 Å². The molecule has 26 heavy (non-hydrogen) atoms. The largest absolute Gasteiger partial charge is 0.460 e. The van der Waals surface area contributed by atoms with E-state index in [1.165, 1.54) is 0 Å². The van der Waals surface area contributed by atoms with Crippen LogP contribution in [-0.4, -0.2) is 16.0 Å². The Morgan fingerprint density at radius 2 is 1.69 bits per heavy atom. The first kappa shape index (κ1) is 15.9. The van der Waals surface area contributed by atoms with Gasteiger partial charge in [-0.15, -0.1) is 0 Å². The minimum atomic E-state index is 0.721. The highest BCUT2D eigenvalue weighted by Gasteiger charge is 2.14. The number of anilines is 1. The third-order valence-corrected chi connectivity index (χ3v) is 3.91. The standard InChI is InChI=1S/C21H18N4O/c1-16-12-13-20(26-16)21-17(14-22-23-18-8-4-2-5-9-18)15-25(24-21)19-10-6-3-7-11-19/h2-15,23H,1H3/b22-14+. The summed E-state index contributed by atoms with van der Waals surface area (Å²) < 4.78 is 7.60. The summed E-state index contributed by atoms with van der Waals surface area (Å²) in [7, 11) is 0. The molecule has 0 radical (unpaired) electrons. The lowest BCUT2D eigenvalue weighted by molar-refractivity contribution is 0.545. The Balaban J connectivity index is 1.68. The average molecular weight is 342 g/mol. The molecule has 2 heterocycles. The Morgan fingerprint density at radius 1 is 0.962 bits per heavy atom. The SMILES string of the molecule is Cc1ccc(-c2nn(-c3ccccc3)cc2/C=N/Nc2ccccc2)o1. The van der Waals surface area contributed by atoms with E-state index in [2.05, 4.69) is 10.5 Å². The van der Waals surface area contributed by atoms with Gasteiger partial charge in [0.25, 0.3) is 0 Å². The molecular formula is C21H18N4O. The maximum absolute atomic E-state index is 5.77. The van der Waals surface area contributed by atoms with Gasteiger partial charge in [0.2, 0.25) is 0 Å². The Kier molecular flexibility index (Phi) is 4.35. The summed E-state index contributed by atoms with van der Waals surface area (Å²) in [5.74, 6) is 1.57. The number of hydrazone groups is 1. The van der Waals surface area contributed by atoms with Crippen LogP contribution in [0.25, 0.3) is 17.1 Å². The van der Waals surface area contributed by atoms with Gasteiger partial charge in [-0.3, -0.25) is 5.43 Å². The second-order valence-electron chi connectivity index (χ2n) is 5.86. The normalized spacial score (nSPS) is 11.1. The molecule has 0 unspecified atom stereocenters. The summed E-state index contributed by atoms with van der Waals surface area (Å²) >= 11 is 0. The van der Waals surface area contributed by atoms with Gasteiger partial charge in [0.1, 0.15) is 11.5 Å². The molecule has 128 valence electrons. The number of nitrogens with one attached hydrogen (secondary N) is 1. The van der Waals surface area contributed by atoms with Crippen LogP contribution in [0.3, 0.4) is 0 Å². The van der Waals surface area contributed by atoms with E-state index in [0.29, 0.717) is 0 Å². The van der Waals surface area contributed by atoms with Gasteiger partial charge in [-0.25, -0.2) is 4.68 Å². The summed E-state index contributed by atoms with van der Waals surface area (Å²) in [4.78, 5) is 0. The maximum Gasteiger partial charge on any atom is 0.155 e. The van der Waals surface area contributed by atoms with Crippen LogP contribution in [0.2, 0.25) is 0 Å². The van der Waals surface area contributed by atoms with Gasteiger partial charge in [0.15, 0.2) is 5.76 Å². The third kappa shape index (κ3) is 3.42. The van der Waals surface area contributed by atoms with Gasteiger partial charge in [0.05, 0.1) is 17.6 Å². The first-order chi connectivity index (χ1) is 12.8. The molecule has 4 aromatic rings. The van der Waals surface area contributed by atoms with Crippen molar-refractivity contribution >= 4 is 11.9 Å². The van der Waals surface area contributed by atoms with Crippen molar-refractivity contribution in [3.63, 3.8) is 0 Å². The quantitative estimate of drug-likeness (QED) is 0.415. The number of aryl methyl sites for hydroxylation is 1. The molecule has 0 spiro atoms. The Labute approximate surface area is 151 Å². The topological polar surface area (TPSA) is 55.4 Å². The Morgan fingerprint density at radius 3 is 2.38 bits per heavy atom. The fourth-order valence-electron chi connectivity index (χ4n) is 2.64. The number of aromatic nitrogens is 2. The van der Waals surface area contributed by atoms with Crippen molar-refractivity contribution in [3.8, 4) is 17.1 Å². The molecule has 2 aromatic carbocycles. The van der Waals surface area contributed by atoms with Crippen molar-refractivity contribution in [1.82, 2.24) is 9.78 Å². The zero-order valence-corrected chi connectivity index (χ0v) is 14.3. The summed E-state index contributed by atoms with van der Waals surface area (Å²) in [5, 5.41) is 9.04. The minimum Gasteiger partial charge on any atom is -0.460 e. The van der Waals surface area contributed by atoms with Crippen molar-refractivity contribution in [3.05, 3.63) is 90.3 Å². The van der Waals surface area contributed by atoms with E-state index < -0.39 is 0 Å². The van der Waals surface area contributed by atoms with E-state index in [4.69, 9.17) is 9.52 Å². The van der Waals surface area contributed by atoms with Gasteiger partial charge < -0.3 is 4.42 Å². The van der Waals surface area contributed by atoms with Crippen LogP contribution < -0.4 is 5.43 Å². The molecule has 0 bridgehead atoms. The lowest BCUT2D eigenvalue weighted by Gasteiger charge is -1.98. The van der Waals surface area contributed by atoms with Crippen LogP contribution in [0.15, 0.2) is 88.5 Å². The molecule has 0 saturated carbocycles. The van der Waals surface area contributed by atoms with Gasteiger partial charge in [-0.05, 0) is 43.3 Å². The number of benzene rings is 2. The molecular weight excluding hydrogens is 324 g/mol. The van der Waals surface area contributed by atoms with Crippen LogP contribution in [0.1, 0.15) is 11.3 Å². The Hall–Kier alpha value is -3.60. The number of para-hydroxylation sites is 2. The molecule has 4 rings (SSSR count). The van der Waals surface area contributed by atoms with E-state index in [0.717, 1.165) is 34.2 Å². The maximum atomic E-state index is 5.77. The second-order valence-corrected chi connectivity index (χ2v) is 5.86. The van der Waals surface area contributed by atoms with Gasteiger partial charge in [0, 0.05) is 11.8 Å². The number of rotatable bonds is 5. The predicted molar refractivity (Wildman–Crippen MR) is 104 cm³/mol. The van der Waals surface area contributed by atoms with Crippen LogP contribution >= 0.6 is 0 Å². The molecule has 5 heteroatoms. The van der Waals surface area contributed by atoms with Crippen molar-refractivity contribution in [2.24, 2.45) is 5.10 Å². The van der Waals surface area contributed by atoms with Crippen LogP contribution in [0, 0.1) is 6.92 Å². The zero-order valence-electron chi connectivity index (χ0n) is 14.3. The van der Waals surface area contributed by atoms with Crippen molar-refractivity contribution in [2.45, 2.75) is 6.92 Å². The van der Waals surface area contributed by atoms with Crippen LogP contribution in [0.4, 0.5) is 5.69 Å². The van der Waals surface area contributed by atoms with Crippen LogP contribution in [-0.2, 0) is 0 Å². The smallest absolute Gasteiger partial charge is 0.155 e. The third-order valence-electron chi connectivity index (χ3n) is 3.91. The predicted octanol–water partition coefficient (Wildman–Crippen LogP) is 4.89. The number of nitrogens with zero attached hydrogens (tertiary/aromatic N) is 3. The highest BCUT2D eigenvalue weighted by atomic mass is 16.3. The molecule has 0 aliphatic heterocycles. The molecule has 2 aromatic heterocycles. The second kappa shape index (κ2) is 7.11. The summed E-state index contributed by atoms with van der Waals surface area (Å²) in [6.07, 6.45) is 3.70. The number of hydrogen-bond acceptors (Lipinski definition) is 4. The average Bonchev–Trinajstić information content (AvgIpc) is 3.30. The fourth-order valence-corrected chi connectivity index (χ4v) is 2.64. The number of hydrogen-bond donors (Lipinski definition) is 1. The van der Waals surface area contributed by atoms with Crippen LogP contribution in [0.5, 0.6) is 0 Å². The highest BCUT2D eigenvalue weighted by molar-refractivity contribution is 5.88. The van der Waals surface area contributed by atoms with E-state index in [-0.39, 0.29) is 0 Å². The lowest BCUT2D eigenvalue weighted by Crippen LogP contribution is -1.93. The summed E-state index contributed by atoms with van der Waals surface area (Å²) in [6.45, 7) is 1.92. The van der Waals surface area contributed by atoms with Gasteiger partial charge in [-0.2, -0.15) is 10.2 Å². The molecule has 5 nitrogen and oxygen atoms in total. The van der Waals surface area contributed by atoms with E-state index in [1.807, 2.05) is 90.6 Å². The molecule has 0 atom stereocenters. The molecule has 1 N–H and O–H groups in total. The van der Waals surface area contributed by atoms with E-state index >= 15 is 0 Å². The van der Waals surface area contributed by atoms with Crippen molar-refractivity contribution in [1.29, 1.82) is 0 Å². The van der Waals surface area contributed by atoms with Gasteiger partial charge >= 0.3 is 0 Å². The first-order valence-corrected chi connectivity index (χ1v) is 8.35. The summed E-state index contributed by atoms with van der Waals surface area (Å²) in [5.41, 5.74) is 6.55. The molecule has 0 amide bonds. The number of furan rings is 1. The highest BCUT2D eigenvalue weighted by Crippen LogP contribution is 2.24. The minimum absolute atomic E-state index is 0.721. The summed E-state index contributed by atoms with van der Waals surface area (Å²) in [6, 6.07) is 23.6. The van der Waals surface area contributed by atoms with E-state index in [9.17, 15) is 0 Å². The van der Waals surface area contributed by atoms with Crippen molar-refractivity contribution < 1.29 is 4.42 Å². The first-order valence-electron chi connectivity index (χ1n) is 8.35. The monoisotopic (exact) mass is 342 g/mol. The lowest BCUT2D eigenvalue weighted by atomic mass is 10.2. The molecule has 0 aliphatic rings. The Bertz CT molecular complexity index is 1020. The molecule has 0 aliphatic carbocycles. The zero-order chi connectivity index (χ0) is 17.8.